The first kappa shape index (κ1) is 10.6. The lowest BCUT2D eigenvalue weighted by Crippen LogP contribution is -2.38. The maximum absolute atomic E-state index is 5.32. The molecule has 0 N–H and O–H groups in total. The Morgan fingerprint density at radius 2 is 2.12 bits per heavy atom. The van der Waals surface area contributed by atoms with E-state index in [2.05, 4.69) is 20.2 Å². The predicted octanol–water partition coefficient (Wildman–Crippen LogP) is 0.158. The van der Waals surface area contributed by atoms with Crippen LogP contribution in [0, 0.1) is 0 Å². The summed E-state index contributed by atoms with van der Waals surface area (Å²) in [6.07, 6.45) is 3.52. The molecule has 2 aromatic rings. The van der Waals surface area contributed by atoms with Crippen LogP contribution in [0.25, 0.3) is 11.0 Å². The van der Waals surface area contributed by atoms with E-state index in [-0.39, 0.29) is 0 Å². The normalized spacial score (nSPS) is 17.6. The zero-order valence-corrected chi connectivity index (χ0v) is 9.62. The molecule has 0 atom stereocenters. The van der Waals surface area contributed by atoms with Crippen molar-refractivity contribution in [3.63, 3.8) is 0 Å². The average molecular weight is 233 g/mol. The lowest BCUT2D eigenvalue weighted by Gasteiger charge is -2.26. The second kappa shape index (κ2) is 4.77. The van der Waals surface area contributed by atoms with Gasteiger partial charge in [0.1, 0.15) is 5.52 Å². The molecule has 6 heteroatoms. The zero-order valence-electron chi connectivity index (χ0n) is 9.62. The number of fused-ring (bicyclic) bond motifs is 1. The number of ether oxygens (including phenoxy) is 1. The molecule has 0 aromatic carbocycles. The summed E-state index contributed by atoms with van der Waals surface area (Å²) in [6.45, 7) is 5.54. The molecule has 17 heavy (non-hydrogen) atoms. The van der Waals surface area contributed by atoms with E-state index in [1.807, 2.05) is 10.7 Å². The van der Waals surface area contributed by atoms with E-state index >= 15 is 0 Å². The van der Waals surface area contributed by atoms with Crippen LogP contribution in [0.4, 0.5) is 0 Å². The number of hydrogen-bond acceptors (Lipinski definition) is 5. The maximum Gasteiger partial charge on any atom is 0.131 e. The van der Waals surface area contributed by atoms with E-state index < -0.39 is 0 Å². The summed E-state index contributed by atoms with van der Waals surface area (Å²) < 4.78 is 7.26. The van der Waals surface area contributed by atoms with Crippen molar-refractivity contribution < 1.29 is 4.74 Å². The van der Waals surface area contributed by atoms with Crippen LogP contribution in [0.2, 0.25) is 0 Å². The van der Waals surface area contributed by atoms with Gasteiger partial charge in [-0.2, -0.15) is 0 Å². The van der Waals surface area contributed by atoms with Crippen molar-refractivity contribution in [2.45, 2.75) is 6.54 Å². The Bertz CT molecular complexity index is 491. The molecular weight excluding hydrogens is 218 g/mol. The van der Waals surface area contributed by atoms with Gasteiger partial charge in [0.05, 0.1) is 31.5 Å². The second-order valence-electron chi connectivity index (χ2n) is 4.13. The van der Waals surface area contributed by atoms with E-state index in [4.69, 9.17) is 4.74 Å². The minimum atomic E-state index is 0.835. The minimum absolute atomic E-state index is 0.835. The molecule has 0 aliphatic carbocycles. The Kier molecular flexibility index (Phi) is 2.98. The Balaban J connectivity index is 1.68. The molecule has 0 saturated carbocycles. The first-order valence-corrected chi connectivity index (χ1v) is 5.87. The van der Waals surface area contributed by atoms with Gasteiger partial charge < -0.3 is 4.74 Å². The van der Waals surface area contributed by atoms with Gasteiger partial charge in [-0.15, -0.1) is 5.10 Å². The Hall–Kier alpha value is -1.53. The van der Waals surface area contributed by atoms with Crippen molar-refractivity contribution in [2.75, 3.05) is 32.8 Å². The number of nitrogens with zero attached hydrogens (tertiary/aromatic N) is 5. The van der Waals surface area contributed by atoms with Crippen molar-refractivity contribution in [1.82, 2.24) is 24.9 Å². The lowest BCUT2D eigenvalue weighted by atomic mass is 10.4. The second-order valence-corrected chi connectivity index (χ2v) is 4.13. The molecule has 1 aliphatic rings. The summed E-state index contributed by atoms with van der Waals surface area (Å²) in [5, 5.41) is 8.24. The van der Waals surface area contributed by atoms with Crippen LogP contribution in [0.15, 0.2) is 18.5 Å². The summed E-state index contributed by atoms with van der Waals surface area (Å²) in [5.74, 6) is 0. The van der Waals surface area contributed by atoms with Crippen molar-refractivity contribution in [3.8, 4) is 0 Å². The number of hydrogen-bond donors (Lipinski definition) is 0. The summed E-state index contributed by atoms with van der Waals surface area (Å²) in [6, 6.07) is 1.95. The van der Waals surface area contributed by atoms with Crippen LogP contribution >= 0.6 is 0 Å². The van der Waals surface area contributed by atoms with Gasteiger partial charge in [-0.05, 0) is 6.07 Å². The third-order valence-electron chi connectivity index (χ3n) is 3.05. The molecular formula is C11H15N5O. The van der Waals surface area contributed by atoms with Gasteiger partial charge in [-0.25, -0.2) is 4.68 Å². The fourth-order valence-electron chi connectivity index (χ4n) is 2.05. The van der Waals surface area contributed by atoms with Crippen molar-refractivity contribution >= 4 is 11.0 Å². The molecule has 0 amide bonds. The van der Waals surface area contributed by atoms with E-state index in [9.17, 15) is 0 Å². The Labute approximate surface area is 99.2 Å². The molecule has 0 bridgehead atoms. The minimum Gasteiger partial charge on any atom is -0.379 e. The molecule has 1 saturated heterocycles. The number of morpholine rings is 1. The SMILES string of the molecule is c1cc2c(cn1)nnn2CCN1CCOCC1. The van der Waals surface area contributed by atoms with Crippen LogP contribution in [0.5, 0.6) is 0 Å². The van der Waals surface area contributed by atoms with Crippen LogP contribution in [0.1, 0.15) is 0 Å². The van der Waals surface area contributed by atoms with Crippen molar-refractivity contribution in [2.24, 2.45) is 0 Å². The Morgan fingerprint density at radius 1 is 1.24 bits per heavy atom. The van der Waals surface area contributed by atoms with Gasteiger partial charge in [0.15, 0.2) is 0 Å². The molecule has 3 heterocycles. The predicted molar refractivity (Wildman–Crippen MR) is 62.6 cm³/mol. The number of rotatable bonds is 3. The van der Waals surface area contributed by atoms with Gasteiger partial charge in [0.2, 0.25) is 0 Å². The highest BCUT2D eigenvalue weighted by atomic mass is 16.5. The molecule has 3 rings (SSSR count). The monoisotopic (exact) mass is 233 g/mol. The van der Waals surface area contributed by atoms with Gasteiger partial charge in [0, 0.05) is 25.8 Å². The lowest BCUT2D eigenvalue weighted by molar-refractivity contribution is 0.0360. The molecule has 0 radical (unpaired) electrons. The zero-order chi connectivity index (χ0) is 11.5. The summed E-state index contributed by atoms with van der Waals surface area (Å²) in [5.41, 5.74) is 1.91. The summed E-state index contributed by atoms with van der Waals surface area (Å²) in [4.78, 5) is 6.42. The van der Waals surface area contributed by atoms with Gasteiger partial charge >= 0.3 is 0 Å². The van der Waals surface area contributed by atoms with Crippen LogP contribution in [0.3, 0.4) is 0 Å². The first-order chi connectivity index (χ1) is 8.43. The van der Waals surface area contributed by atoms with Gasteiger partial charge in [0.25, 0.3) is 0 Å². The summed E-state index contributed by atoms with van der Waals surface area (Å²) in [7, 11) is 0. The largest absolute Gasteiger partial charge is 0.379 e. The average Bonchev–Trinajstić information content (AvgIpc) is 2.81. The first-order valence-electron chi connectivity index (χ1n) is 5.87. The summed E-state index contributed by atoms with van der Waals surface area (Å²) >= 11 is 0. The van der Waals surface area contributed by atoms with Gasteiger partial charge in [-0.1, -0.05) is 5.21 Å². The van der Waals surface area contributed by atoms with Crippen molar-refractivity contribution in [3.05, 3.63) is 18.5 Å². The molecule has 0 spiro atoms. The number of pyridine rings is 1. The third kappa shape index (κ3) is 2.27. The standard InChI is InChI=1S/C11H15N5O/c1-2-12-9-10-11(1)16(14-13-10)4-3-15-5-7-17-8-6-15/h1-2,9H,3-8H2. The van der Waals surface area contributed by atoms with E-state index in [0.29, 0.717) is 0 Å². The van der Waals surface area contributed by atoms with E-state index in [1.54, 1.807) is 12.4 Å². The van der Waals surface area contributed by atoms with E-state index in [1.165, 1.54) is 0 Å². The highest BCUT2D eigenvalue weighted by Gasteiger charge is 2.11. The van der Waals surface area contributed by atoms with Crippen LogP contribution < -0.4 is 0 Å². The van der Waals surface area contributed by atoms with E-state index in [0.717, 1.165) is 50.4 Å². The highest BCUT2D eigenvalue weighted by Crippen LogP contribution is 2.08. The highest BCUT2D eigenvalue weighted by molar-refractivity contribution is 5.72. The molecule has 6 nitrogen and oxygen atoms in total. The van der Waals surface area contributed by atoms with Crippen LogP contribution in [-0.4, -0.2) is 57.7 Å². The molecule has 90 valence electrons. The van der Waals surface area contributed by atoms with Crippen molar-refractivity contribution in [1.29, 1.82) is 0 Å². The fourth-order valence-corrected chi connectivity index (χ4v) is 2.05. The maximum atomic E-state index is 5.32. The molecule has 1 fully saturated rings. The molecule has 2 aromatic heterocycles. The third-order valence-corrected chi connectivity index (χ3v) is 3.05. The quantitative estimate of drug-likeness (QED) is 0.755. The fraction of sp³-hybridized carbons (Fsp3) is 0.545. The topological polar surface area (TPSA) is 56.1 Å². The number of aromatic nitrogens is 4. The molecule has 1 aliphatic heterocycles. The molecule has 0 unspecified atom stereocenters. The van der Waals surface area contributed by atoms with Crippen LogP contribution in [-0.2, 0) is 11.3 Å². The van der Waals surface area contributed by atoms with Gasteiger partial charge in [-0.3, -0.25) is 9.88 Å². The smallest absolute Gasteiger partial charge is 0.131 e. The Morgan fingerprint density at radius 3 is 3.00 bits per heavy atom.